The second-order valence-electron chi connectivity index (χ2n) is 4.65. The molecule has 0 bridgehead atoms. The number of halogens is 1. The Hall–Kier alpha value is -1.56. The van der Waals surface area contributed by atoms with E-state index in [1.165, 1.54) is 5.56 Å². The molecule has 0 saturated heterocycles. The van der Waals surface area contributed by atoms with Gasteiger partial charge in [-0.3, -0.25) is 4.79 Å². The predicted molar refractivity (Wildman–Crippen MR) is 92.8 cm³/mol. The van der Waals surface area contributed by atoms with E-state index in [4.69, 9.17) is 4.74 Å². The number of hydrogen-bond donors (Lipinski definition) is 1. The van der Waals surface area contributed by atoms with Crippen LogP contribution in [0.2, 0.25) is 0 Å². The zero-order valence-electron chi connectivity index (χ0n) is 11.9. The molecule has 21 heavy (non-hydrogen) atoms. The van der Waals surface area contributed by atoms with Gasteiger partial charge in [-0.15, -0.1) is 0 Å². The molecular weight excluding hydrogens is 377 g/mol. The van der Waals surface area contributed by atoms with Crippen LogP contribution >= 0.6 is 22.6 Å². The van der Waals surface area contributed by atoms with Gasteiger partial charge in [-0.1, -0.05) is 30.3 Å². The summed E-state index contributed by atoms with van der Waals surface area (Å²) in [6, 6.07) is 15.6. The zero-order valence-corrected chi connectivity index (χ0v) is 14.1. The van der Waals surface area contributed by atoms with Crippen LogP contribution in [0.3, 0.4) is 0 Å². The summed E-state index contributed by atoms with van der Waals surface area (Å²) in [5, 5.41) is 2.96. The summed E-state index contributed by atoms with van der Waals surface area (Å²) in [6.07, 6.45) is 1.77. The van der Waals surface area contributed by atoms with Gasteiger partial charge in [-0.2, -0.15) is 0 Å². The molecule has 0 aliphatic heterocycles. The van der Waals surface area contributed by atoms with Crippen molar-refractivity contribution in [2.75, 3.05) is 13.7 Å². The number of aryl methyl sites for hydroxylation is 1. The lowest BCUT2D eigenvalue weighted by atomic mass is 10.1. The summed E-state index contributed by atoms with van der Waals surface area (Å²) in [7, 11) is 1.68. The molecular formula is C17H18INO2. The van der Waals surface area contributed by atoms with E-state index in [-0.39, 0.29) is 5.91 Å². The second-order valence-corrected chi connectivity index (χ2v) is 5.81. The van der Waals surface area contributed by atoms with Crippen LogP contribution in [-0.2, 0) is 6.42 Å². The summed E-state index contributed by atoms with van der Waals surface area (Å²) >= 11 is 2.18. The van der Waals surface area contributed by atoms with E-state index in [1.807, 2.05) is 42.5 Å². The number of ether oxygens (including phenoxy) is 1. The quantitative estimate of drug-likeness (QED) is 0.599. The molecule has 2 aromatic rings. The van der Waals surface area contributed by atoms with Crippen LogP contribution in [-0.4, -0.2) is 19.6 Å². The SMILES string of the molecule is COc1ccccc1CCCNC(=O)c1ccccc1I. The number of para-hydroxylation sites is 1. The fourth-order valence-electron chi connectivity index (χ4n) is 2.13. The summed E-state index contributed by atoms with van der Waals surface area (Å²) in [6.45, 7) is 0.655. The fourth-order valence-corrected chi connectivity index (χ4v) is 2.76. The molecule has 0 heterocycles. The van der Waals surface area contributed by atoms with Gasteiger partial charge in [-0.25, -0.2) is 0 Å². The highest BCUT2D eigenvalue weighted by Gasteiger charge is 2.08. The highest BCUT2D eigenvalue weighted by molar-refractivity contribution is 14.1. The van der Waals surface area contributed by atoms with E-state index >= 15 is 0 Å². The molecule has 1 N–H and O–H groups in total. The van der Waals surface area contributed by atoms with Gasteiger partial charge in [-0.05, 0) is 59.2 Å². The van der Waals surface area contributed by atoms with Gasteiger partial charge in [0, 0.05) is 10.1 Å². The van der Waals surface area contributed by atoms with Crippen LogP contribution < -0.4 is 10.1 Å². The monoisotopic (exact) mass is 395 g/mol. The van der Waals surface area contributed by atoms with E-state index in [2.05, 4.69) is 34.0 Å². The topological polar surface area (TPSA) is 38.3 Å². The van der Waals surface area contributed by atoms with Gasteiger partial charge >= 0.3 is 0 Å². The molecule has 0 atom stereocenters. The number of hydrogen-bond acceptors (Lipinski definition) is 2. The minimum absolute atomic E-state index is 0.0139. The van der Waals surface area contributed by atoms with Gasteiger partial charge in [0.25, 0.3) is 5.91 Å². The third-order valence-corrected chi connectivity index (χ3v) is 4.16. The summed E-state index contributed by atoms with van der Waals surface area (Å²) in [4.78, 5) is 12.1. The average molecular weight is 395 g/mol. The third-order valence-electron chi connectivity index (χ3n) is 3.22. The molecule has 2 aromatic carbocycles. The molecule has 2 rings (SSSR count). The maximum Gasteiger partial charge on any atom is 0.252 e. The molecule has 0 aliphatic carbocycles. The molecule has 0 spiro atoms. The van der Waals surface area contributed by atoms with E-state index in [0.29, 0.717) is 6.54 Å². The lowest BCUT2D eigenvalue weighted by Gasteiger charge is -2.09. The summed E-state index contributed by atoms with van der Waals surface area (Å²) < 4.78 is 6.29. The van der Waals surface area contributed by atoms with Gasteiger partial charge in [0.15, 0.2) is 0 Å². The molecule has 0 aromatic heterocycles. The van der Waals surface area contributed by atoms with E-state index in [1.54, 1.807) is 7.11 Å². The van der Waals surface area contributed by atoms with Crippen LogP contribution in [0, 0.1) is 3.57 Å². The predicted octanol–water partition coefficient (Wildman–Crippen LogP) is 3.66. The van der Waals surface area contributed by atoms with Gasteiger partial charge < -0.3 is 10.1 Å². The van der Waals surface area contributed by atoms with E-state index in [0.717, 1.165) is 27.7 Å². The number of benzene rings is 2. The molecule has 0 aliphatic rings. The lowest BCUT2D eigenvalue weighted by Crippen LogP contribution is -2.25. The second kappa shape index (κ2) is 8.02. The van der Waals surface area contributed by atoms with Crippen molar-refractivity contribution in [3.63, 3.8) is 0 Å². The third kappa shape index (κ3) is 4.46. The van der Waals surface area contributed by atoms with Crippen LogP contribution in [0.1, 0.15) is 22.3 Å². The number of carbonyl (C=O) groups is 1. The normalized spacial score (nSPS) is 10.2. The average Bonchev–Trinajstić information content (AvgIpc) is 2.52. The fraction of sp³-hybridized carbons (Fsp3) is 0.235. The first-order valence-corrected chi connectivity index (χ1v) is 7.95. The van der Waals surface area contributed by atoms with Crippen molar-refractivity contribution in [3.05, 3.63) is 63.2 Å². The molecule has 3 nitrogen and oxygen atoms in total. The smallest absolute Gasteiger partial charge is 0.252 e. The minimum Gasteiger partial charge on any atom is -0.496 e. The Labute approximate surface area is 138 Å². The van der Waals surface area contributed by atoms with Crippen molar-refractivity contribution in [3.8, 4) is 5.75 Å². The van der Waals surface area contributed by atoms with E-state index in [9.17, 15) is 4.79 Å². The Kier molecular flexibility index (Phi) is 6.04. The van der Waals surface area contributed by atoms with Crippen molar-refractivity contribution < 1.29 is 9.53 Å². The van der Waals surface area contributed by atoms with Crippen molar-refractivity contribution in [1.82, 2.24) is 5.32 Å². The lowest BCUT2D eigenvalue weighted by molar-refractivity contribution is 0.0952. The summed E-state index contributed by atoms with van der Waals surface area (Å²) in [5.41, 5.74) is 1.90. The zero-order chi connectivity index (χ0) is 15.1. The van der Waals surface area contributed by atoms with Crippen LogP contribution in [0.25, 0.3) is 0 Å². The summed E-state index contributed by atoms with van der Waals surface area (Å²) in [5.74, 6) is 0.890. The first kappa shape index (κ1) is 15.8. The molecule has 0 fully saturated rings. The highest BCUT2D eigenvalue weighted by Crippen LogP contribution is 2.18. The van der Waals surface area contributed by atoms with E-state index < -0.39 is 0 Å². The molecule has 0 saturated carbocycles. The maximum absolute atomic E-state index is 12.1. The Balaban J connectivity index is 1.82. The molecule has 0 radical (unpaired) electrons. The first-order valence-electron chi connectivity index (χ1n) is 6.87. The molecule has 0 unspecified atom stereocenters. The van der Waals surface area contributed by atoms with Gasteiger partial charge in [0.2, 0.25) is 0 Å². The van der Waals surface area contributed by atoms with Gasteiger partial charge in [0.05, 0.1) is 12.7 Å². The first-order chi connectivity index (χ1) is 10.2. The number of carbonyl (C=O) groups excluding carboxylic acids is 1. The Morgan fingerprint density at radius 3 is 2.62 bits per heavy atom. The Bertz CT molecular complexity index is 613. The maximum atomic E-state index is 12.1. The number of rotatable bonds is 6. The van der Waals surface area contributed by atoms with Crippen molar-refractivity contribution >= 4 is 28.5 Å². The minimum atomic E-state index is -0.0139. The largest absolute Gasteiger partial charge is 0.496 e. The highest BCUT2D eigenvalue weighted by atomic mass is 127. The molecule has 110 valence electrons. The van der Waals surface area contributed by atoms with Crippen molar-refractivity contribution in [1.29, 1.82) is 0 Å². The van der Waals surface area contributed by atoms with Crippen molar-refractivity contribution in [2.45, 2.75) is 12.8 Å². The van der Waals surface area contributed by atoms with Gasteiger partial charge in [0.1, 0.15) is 5.75 Å². The standard InChI is InChI=1S/C17H18INO2/c1-21-16-11-5-2-7-13(16)8-6-12-19-17(20)14-9-3-4-10-15(14)18/h2-5,7,9-11H,6,8,12H2,1H3,(H,19,20). The number of nitrogens with one attached hydrogen (secondary N) is 1. The molecule has 4 heteroatoms. The Morgan fingerprint density at radius 2 is 1.86 bits per heavy atom. The Morgan fingerprint density at radius 1 is 1.14 bits per heavy atom. The number of amides is 1. The number of methoxy groups -OCH3 is 1. The van der Waals surface area contributed by atoms with Crippen LogP contribution in [0.5, 0.6) is 5.75 Å². The van der Waals surface area contributed by atoms with Crippen LogP contribution in [0.15, 0.2) is 48.5 Å². The van der Waals surface area contributed by atoms with Crippen molar-refractivity contribution in [2.24, 2.45) is 0 Å². The molecule has 1 amide bonds. The van der Waals surface area contributed by atoms with Crippen LogP contribution in [0.4, 0.5) is 0 Å².